The summed E-state index contributed by atoms with van der Waals surface area (Å²) in [7, 11) is 0. The van der Waals surface area contributed by atoms with E-state index in [1.54, 1.807) is 17.0 Å². The monoisotopic (exact) mass is 302 g/mol. The Morgan fingerprint density at radius 2 is 2.16 bits per heavy atom. The van der Waals surface area contributed by atoms with Gasteiger partial charge in [-0.1, -0.05) is 23.2 Å². The molecule has 1 fully saturated rings. The standard InChI is InChI=1S/C13H16Cl2N2O2/c14-11-6-5-10(12(15)16-11)13(19)17(7-2-8-18)9-3-1-4-9/h5-6,9,18H,1-4,7-8H2. The van der Waals surface area contributed by atoms with Crippen molar-refractivity contribution >= 4 is 29.1 Å². The third-order valence-corrected chi connectivity index (χ3v) is 3.88. The molecule has 1 aromatic rings. The van der Waals surface area contributed by atoms with Gasteiger partial charge < -0.3 is 10.0 Å². The summed E-state index contributed by atoms with van der Waals surface area (Å²) in [6, 6.07) is 3.42. The highest BCUT2D eigenvalue weighted by Gasteiger charge is 2.30. The summed E-state index contributed by atoms with van der Waals surface area (Å²) >= 11 is 11.7. The summed E-state index contributed by atoms with van der Waals surface area (Å²) in [5, 5.41) is 9.34. The van der Waals surface area contributed by atoms with Gasteiger partial charge in [0.15, 0.2) is 0 Å². The van der Waals surface area contributed by atoms with Crippen LogP contribution in [-0.2, 0) is 0 Å². The number of aromatic nitrogens is 1. The Morgan fingerprint density at radius 3 is 2.68 bits per heavy atom. The topological polar surface area (TPSA) is 53.4 Å². The average molecular weight is 303 g/mol. The molecule has 0 unspecified atom stereocenters. The summed E-state index contributed by atoms with van der Waals surface area (Å²) in [6.45, 7) is 0.613. The molecule has 1 saturated carbocycles. The average Bonchev–Trinajstić information content (AvgIpc) is 2.31. The molecule has 1 heterocycles. The number of rotatable bonds is 5. The first-order valence-corrected chi connectivity index (χ1v) is 7.13. The van der Waals surface area contributed by atoms with Crippen molar-refractivity contribution in [3.63, 3.8) is 0 Å². The lowest BCUT2D eigenvalue weighted by Crippen LogP contribution is -2.45. The normalized spacial score (nSPS) is 15.1. The zero-order chi connectivity index (χ0) is 13.8. The molecule has 6 heteroatoms. The van der Waals surface area contributed by atoms with E-state index in [1.807, 2.05) is 0 Å². The third kappa shape index (κ3) is 3.38. The van der Waals surface area contributed by atoms with E-state index in [2.05, 4.69) is 4.98 Å². The molecule has 0 aliphatic heterocycles. The first kappa shape index (κ1) is 14.6. The van der Waals surface area contributed by atoms with Crippen LogP contribution in [0.3, 0.4) is 0 Å². The maximum absolute atomic E-state index is 12.5. The molecule has 1 aliphatic carbocycles. The molecular formula is C13H16Cl2N2O2. The van der Waals surface area contributed by atoms with Crippen molar-refractivity contribution in [2.45, 2.75) is 31.7 Å². The lowest BCUT2D eigenvalue weighted by molar-refractivity contribution is 0.0562. The van der Waals surface area contributed by atoms with Gasteiger partial charge in [0.05, 0.1) is 5.56 Å². The van der Waals surface area contributed by atoms with Crippen LogP contribution >= 0.6 is 23.2 Å². The van der Waals surface area contributed by atoms with Gasteiger partial charge in [-0.05, 0) is 37.8 Å². The first-order chi connectivity index (χ1) is 9.13. The van der Waals surface area contributed by atoms with E-state index in [4.69, 9.17) is 28.3 Å². The van der Waals surface area contributed by atoms with Crippen LogP contribution in [0, 0.1) is 0 Å². The van der Waals surface area contributed by atoms with E-state index in [0.29, 0.717) is 18.5 Å². The Kier molecular flexibility index (Phi) is 5.02. The molecular weight excluding hydrogens is 287 g/mol. The largest absolute Gasteiger partial charge is 0.396 e. The van der Waals surface area contributed by atoms with Crippen molar-refractivity contribution in [2.75, 3.05) is 13.2 Å². The van der Waals surface area contributed by atoms with Gasteiger partial charge >= 0.3 is 0 Å². The van der Waals surface area contributed by atoms with Crippen molar-refractivity contribution < 1.29 is 9.90 Å². The molecule has 1 N–H and O–H groups in total. The number of pyridine rings is 1. The predicted molar refractivity (Wildman–Crippen MR) is 74.6 cm³/mol. The second-order valence-corrected chi connectivity index (χ2v) is 5.38. The highest BCUT2D eigenvalue weighted by Crippen LogP contribution is 2.28. The Labute approximate surface area is 122 Å². The Balaban J connectivity index is 2.17. The Bertz CT molecular complexity index is 464. The molecule has 0 bridgehead atoms. The van der Waals surface area contributed by atoms with Gasteiger partial charge in [-0.2, -0.15) is 0 Å². The number of halogens is 2. The molecule has 1 aliphatic rings. The van der Waals surface area contributed by atoms with Crippen molar-refractivity contribution in [3.8, 4) is 0 Å². The number of carbonyl (C=O) groups excluding carboxylic acids is 1. The van der Waals surface area contributed by atoms with Crippen LogP contribution in [0.4, 0.5) is 0 Å². The zero-order valence-electron chi connectivity index (χ0n) is 10.5. The van der Waals surface area contributed by atoms with E-state index in [1.165, 1.54) is 0 Å². The van der Waals surface area contributed by atoms with Gasteiger partial charge in [0, 0.05) is 19.2 Å². The maximum atomic E-state index is 12.5. The molecule has 0 aromatic carbocycles. The minimum absolute atomic E-state index is 0.0725. The number of hydrogen-bond acceptors (Lipinski definition) is 3. The molecule has 0 atom stereocenters. The van der Waals surface area contributed by atoms with Gasteiger partial charge in [0.1, 0.15) is 10.3 Å². The van der Waals surface area contributed by atoms with Crippen molar-refractivity contribution in [3.05, 3.63) is 28.0 Å². The molecule has 4 nitrogen and oxygen atoms in total. The summed E-state index contributed by atoms with van der Waals surface area (Å²) in [5.41, 5.74) is 0.371. The van der Waals surface area contributed by atoms with E-state index in [-0.39, 0.29) is 28.9 Å². The fourth-order valence-corrected chi connectivity index (χ4v) is 2.54. The molecule has 19 heavy (non-hydrogen) atoms. The second kappa shape index (κ2) is 6.55. The number of aliphatic hydroxyl groups is 1. The third-order valence-electron chi connectivity index (χ3n) is 3.38. The van der Waals surface area contributed by atoms with Crippen LogP contribution in [0.5, 0.6) is 0 Å². The van der Waals surface area contributed by atoms with Crippen LogP contribution in [0.25, 0.3) is 0 Å². The molecule has 104 valence electrons. The van der Waals surface area contributed by atoms with Crippen LogP contribution in [0.2, 0.25) is 10.3 Å². The number of hydrogen-bond donors (Lipinski definition) is 1. The first-order valence-electron chi connectivity index (χ1n) is 6.37. The predicted octanol–water partition coefficient (Wildman–Crippen LogP) is 2.77. The van der Waals surface area contributed by atoms with Crippen LogP contribution < -0.4 is 0 Å². The minimum Gasteiger partial charge on any atom is -0.396 e. The smallest absolute Gasteiger partial charge is 0.257 e. The Morgan fingerprint density at radius 1 is 1.42 bits per heavy atom. The zero-order valence-corrected chi connectivity index (χ0v) is 12.0. The van der Waals surface area contributed by atoms with E-state index in [9.17, 15) is 4.79 Å². The maximum Gasteiger partial charge on any atom is 0.257 e. The van der Waals surface area contributed by atoms with Gasteiger partial charge in [0.25, 0.3) is 5.91 Å². The molecule has 2 rings (SSSR count). The molecule has 1 aromatic heterocycles. The summed E-state index contributed by atoms with van der Waals surface area (Å²) in [4.78, 5) is 18.2. The van der Waals surface area contributed by atoms with Crippen molar-refractivity contribution in [2.24, 2.45) is 0 Å². The minimum atomic E-state index is -0.132. The summed E-state index contributed by atoms with van der Waals surface area (Å²) in [5.74, 6) is -0.132. The number of aliphatic hydroxyl groups excluding tert-OH is 1. The highest BCUT2D eigenvalue weighted by molar-refractivity contribution is 6.34. The molecule has 1 amide bonds. The van der Waals surface area contributed by atoms with Gasteiger partial charge in [-0.25, -0.2) is 4.98 Å². The highest BCUT2D eigenvalue weighted by atomic mass is 35.5. The lowest BCUT2D eigenvalue weighted by atomic mass is 9.91. The fraction of sp³-hybridized carbons (Fsp3) is 0.538. The molecule has 0 radical (unpaired) electrons. The van der Waals surface area contributed by atoms with Crippen LogP contribution in [-0.4, -0.2) is 40.1 Å². The fourth-order valence-electron chi connectivity index (χ4n) is 2.12. The quantitative estimate of drug-likeness (QED) is 0.851. The van der Waals surface area contributed by atoms with Gasteiger partial charge in [-0.15, -0.1) is 0 Å². The molecule has 0 spiro atoms. The van der Waals surface area contributed by atoms with Crippen molar-refractivity contribution in [1.29, 1.82) is 0 Å². The summed E-state index contributed by atoms with van der Waals surface area (Å²) < 4.78 is 0. The lowest BCUT2D eigenvalue weighted by Gasteiger charge is -2.37. The van der Waals surface area contributed by atoms with Crippen LogP contribution in [0.1, 0.15) is 36.0 Å². The number of nitrogens with zero attached hydrogens (tertiary/aromatic N) is 2. The van der Waals surface area contributed by atoms with E-state index < -0.39 is 0 Å². The van der Waals surface area contributed by atoms with Crippen molar-refractivity contribution in [1.82, 2.24) is 9.88 Å². The SMILES string of the molecule is O=C(c1ccc(Cl)nc1Cl)N(CCCO)C1CCC1. The summed E-state index contributed by atoms with van der Waals surface area (Å²) in [6.07, 6.45) is 3.73. The van der Waals surface area contributed by atoms with Crippen LogP contribution in [0.15, 0.2) is 12.1 Å². The van der Waals surface area contributed by atoms with Gasteiger partial charge in [0.2, 0.25) is 0 Å². The van der Waals surface area contributed by atoms with E-state index in [0.717, 1.165) is 19.3 Å². The van der Waals surface area contributed by atoms with Gasteiger partial charge in [-0.3, -0.25) is 4.79 Å². The Hall–Kier alpha value is -0.840. The number of amides is 1. The number of carbonyl (C=O) groups is 1. The van der Waals surface area contributed by atoms with E-state index >= 15 is 0 Å². The second-order valence-electron chi connectivity index (χ2n) is 4.63. The molecule has 0 saturated heterocycles.